The van der Waals surface area contributed by atoms with Gasteiger partial charge in [-0.05, 0) is 42.9 Å². The van der Waals surface area contributed by atoms with Gasteiger partial charge in [0.2, 0.25) is 5.91 Å². The second-order valence-corrected chi connectivity index (χ2v) is 10.4. The number of halogens is 2. The zero-order chi connectivity index (χ0) is 28.4. The van der Waals surface area contributed by atoms with Crippen LogP contribution in [0.25, 0.3) is 5.57 Å². The highest BCUT2D eigenvalue weighted by molar-refractivity contribution is 6.09. The molecule has 11 heteroatoms. The molecule has 5 rings (SSSR count). The predicted octanol–water partition coefficient (Wildman–Crippen LogP) is 3.44. The van der Waals surface area contributed by atoms with Gasteiger partial charge >= 0.3 is 0 Å². The Hall–Kier alpha value is -3.57. The quantitative estimate of drug-likeness (QED) is 0.473. The molecule has 2 fully saturated rings. The van der Waals surface area contributed by atoms with Crippen LogP contribution >= 0.6 is 0 Å². The first-order chi connectivity index (χ1) is 19.4. The molecule has 1 aliphatic carbocycles. The minimum Gasteiger partial charge on any atom is -0.493 e. The van der Waals surface area contributed by atoms with E-state index in [4.69, 9.17) is 19.9 Å². The molecule has 1 aromatic carbocycles. The Balaban J connectivity index is 1.36. The first kappa shape index (κ1) is 28.0. The number of anilines is 1. The maximum atomic E-state index is 15.3. The van der Waals surface area contributed by atoms with Gasteiger partial charge in [-0.3, -0.25) is 14.8 Å². The number of rotatable bonds is 9. The third-order valence-electron chi connectivity index (χ3n) is 8.17. The number of aliphatic imine (C=N–C) groups is 1. The van der Waals surface area contributed by atoms with E-state index < -0.39 is 22.7 Å². The number of aromatic nitrogens is 1. The number of carbonyl (C=O) groups is 1. The molecule has 1 saturated carbocycles. The summed E-state index contributed by atoms with van der Waals surface area (Å²) in [5.41, 5.74) is 7.34. The van der Waals surface area contributed by atoms with Crippen molar-refractivity contribution in [3.05, 3.63) is 53.0 Å². The van der Waals surface area contributed by atoms with Crippen molar-refractivity contribution < 1.29 is 27.8 Å². The Labute approximate surface area is 232 Å². The maximum absolute atomic E-state index is 15.3. The standard InChI is InChI=1S/C29H35F2N5O4/c1-38-20-4-9-35(10-5-20)11-8-33-15-18(14-32)22-12-21-19(16-34-22)17-36(28(37)29(21)6-7-29)27-25(30)23(39-2)13-24(40-3)26(27)31/h12-16,20H,4-11,17,32H2,1-3H3. The highest BCUT2D eigenvalue weighted by Crippen LogP contribution is 2.55. The van der Waals surface area contributed by atoms with Crippen molar-refractivity contribution in [2.75, 3.05) is 52.4 Å². The molecule has 40 heavy (non-hydrogen) atoms. The van der Waals surface area contributed by atoms with Crippen LogP contribution in [0.3, 0.4) is 0 Å². The lowest BCUT2D eigenvalue weighted by molar-refractivity contribution is -0.121. The summed E-state index contributed by atoms with van der Waals surface area (Å²) in [5.74, 6) is -2.69. The third kappa shape index (κ3) is 5.03. The Bertz CT molecular complexity index is 1310. The average Bonchev–Trinajstić information content (AvgIpc) is 3.78. The highest BCUT2D eigenvalue weighted by atomic mass is 19.1. The fourth-order valence-electron chi connectivity index (χ4n) is 5.65. The molecule has 1 saturated heterocycles. The molecule has 1 amide bonds. The molecule has 214 valence electrons. The molecule has 0 atom stereocenters. The van der Waals surface area contributed by atoms with Crippen molar-refractivity contribution >= 4 is 23.4 Å². The zero-order valence-corrected chi connectivity index (χ0v) is 23.1. The third-order valence-corrected chi connectivity index (χ3v) is 8.17. The predicted molar refractivity (Wildman–Crippen MR) is 148 cm³/mol. The van der Waals surface area contributed by atoms with Gasteiger partial charge in [0.05, 0.1) is 44.5 Å². The molecule has 1 spiro atoms. The van der Waals surface area contributed by atoms with Gasteiger partial charge in [-0.1, -0.05) is 0 Å². The molecular formula is C29H35F2N5O4. The number of nitrogens with zero attached hydrogens (tertiary/aromatic N) is 4. The lowest BCUT2D eigenvalue weighted by Crippen LogP contribution is -2.45. The molecule has 0 radical (unpaired) electrons. The number of fused-ring (bicyclic) bond motifs is 2. The van der Waals surface area contributed by atoms with E-state index in [9.17, 15) is 4.79 Å². The number of likely N-dealkylation sites (tertiary alicyclic amines) is 1. The average molecular weight is 556 g/mol. The van der Waals surface area contributed by atoms with Crippen LogP contribution < -0.4 is 20.1 Å². The second kappa shape index (κ2) is 11.5. The van der Waals surface area contributed by atoms with Crippen molar-refractivity contribution in [2.24, 2.45) is 10.7 Å². The van der Waals surface area contributed by atoms with Crippen molar-refractivity contribution in [2.45, 2.75) is 43.7 Å². The number of benzene rings is 1. The highest BCUT2D eigenvalue weighted by Gasteiger charge is 2.57. The van der Waals surface area contributed by atoms with Gasteiger partial charge in [-0.2, -0.15) is 0 Å². The van der Waals surface area contributed by atoms with Gasteiger partial charge in [-0.15, -0.1) is 0 Å². The van der Waals surface area contributed by atoms with Gasteiger partial charge < -0.3 is 29.7 Å². The lowest BCUT2D eigenvalue weighted by atomic mass is 9.86. The summed E-state index contributed by atoms with van der Waals surface area (Å²) < 4.78 is 46.2. The summed E-state index contributed by atoms with van der Waals surface area (Å²) in [6.07, 6.45) is 8.33. The number of allylic oxidation sites excluding steroid dienone is 1. The molecule has 2 aliphatic heterocycles. The summed E-state index contributed by atoms with van der Waals surface area (Å²) in [6, 6.07) is 2.99. The maximum Gasteiger partial charge on any atom is 0.238 e. The summed E-state index contributed by atoms with van der Waals surface area (Å²) in [6.45, 7) is 3.41. The molecular weight excluding hydrogens is 520 g/mol. The van der Waals surface area contributed by atoms with E-state index in [0.717, 1.165) is 49.0 Å². The number of carbonyl (C=O) groups excluding carboxylic acids is 1. The van der Waals surface area contributed by atoms with Crippen LogP contribution in [0.5, 0.6) is 11.5 Å². The first-order valence-electron chi connectivity index (χ1n) is 13.5. The monoisotopic (exact) mass is 555 g/mol. The van der Waals surface area contributed by atoms with Crippen molar-refractivity contribution in [3.8, 4) is 11.5 Å². The molecule has 2 N–H and O–H groups in total. The Morgan fingerprint density at radius 2 is 1.82 bits per heavy atom. The van der Waals surface area contributed by atoms with Crippen LogP contribution in [0.2, 0.25) is 0 Å². The minimum absolute atomic E-state index is 0.0388. The van der Waals surface area contributed by atoms with Gasteiger partial charge in [0, 0.05) is 57.0 Å². The van der Waals surface area contributed by atoms with E-state index in [2.05, 4.69) is 14.9 Å². The fraction of sp³-hybridized carbons (Fsp3) is 0.483. The van der Waals surface area contributed by atoms with E-state index in [-0.39, 0.29) is 24.0 Å². The lowest BCUT2D eigenvalue weighted by Gasteiger charge is -2.35. The zero-order valence-electron chi connectivity index (χ0n) is 23.1. The molecule has 0 bridgehead atoms. The largest absolute Gasteiger partial charge is 0.493 e. The number of amides is 1. The second-order valence-electron chi connectivity index (χ2n) is 10.4. The first-order valence-corrected chi connectivity index (χ1v) is 13.5. The Kier molecular flexibility index (Phi) is 8.04. The number of pyridine rings is 1. The summed E-state index contributed by atoms with van der Waals surface area (Å²) in [7, 11) is 4.31. The smallest absolute Gasteiger partial charge is 0.238 e. The summed E-state index contributed by atoms with van der Waals surface area (Å²) >= 11 is 0. The van der Waals surface area contributed by atoms with Crippen molar-refractivity contribution in [1.82, 2.24) is 9.88 Å². The van der Waals surface area contributed by atoms with Crippen LogP contribution in [0.15, 0.2) is 29.5 Å². The van der Waals surface area contributed by atoms with E-state index in [1.165, 1.54) is 20.4 Å². The van der Waals surface area contributed by atoms with E-state index in [0.29, 0.717) is 42.3 Å². The number of ether oxygens (including phenoxy) is 3. The van der Waals surface area contributed by atoms with Gasteiger partial charge in [0.1, 0.15) is 5.69 Å². The Morgan fingerprint density at radius 1 is 1.15 bits per heavy atom. The SMILES string of the molecule is COc1cc(OC)c(F)c(N2Cc3cnc(C(C=NCCN4CCC(OC)CC4)=CN)cc3C3(CC3)C2=O)c1F. The van der Waals surface area contributed by atoms with Gasteiger partial charge in [-0.25, -0.2) is 8.78 Å². The van der Waals surface area contributed by atoms with Crippen LogP contribution in [0, 0.1) is 11.6 Å². The van der Waals surface area contributed by atoms with Crippen LogP contribution in [0.4, 0.5) is 14.5 Å². The Morgan fingerprint density at radius 3 is 2.40 bits per heavy atom. The molecule has 3 heterocycles. The number of nitrogens with two attached hydrogens (primary N) is 1. The summed E-state index contributed by atoms with van der Waals surface area (Å²) in [4.78, 5) is 26.4. The molecule has 2 aromatic rings. The number of piperidine rings is 1. The van der Waals surface area contributed by atoms with E-state index in [1.54, 1.807) is 19.5 Å². The molecule has 1 aromatic heterocycles. The van der Waals surface area contributed by atoms with Gasteiger partial charge in [0.25, 0.3) is 0 Å². The molecule has 0 unspecified atom stereocenters. The van der Waals surface area contributed by atoms with Gasteiger partial charge in [0.15, 0.2) is 23.1 Å². The normalized spacial score (nSPS) is 19.4. The minimum atomic E-state index is -0.953. The van der Waals surface area contributed by atoms with Crippen molar-refractivity contribution in [1.29, 1.82) is 0 Å². The molecule has 9 nitrogen and oxygen atoms in total. The number of hydrogen-bond donors (Lipinski definition) is 1. The van der Waals surface area contributed by atoms with Crippen LogP contribution in [-0.4, -0.2) is 75.6 Å². The topological polar surface area (TPSA) is 103 Å². The fourth-order valence-corrected chi connectivity index (χ4v) is 5.65. The summed E-state index contributed by atoms with van der Waals surface area (Å²) in [5, 5.41) is 0. The van der Waals surface area contributed by atoms with Crippen LogP contribution in [-0.2, 0) is 21.5 Å². The van der Waals surface area contributed by atoms with E-state index in [1.807, 2.05) is 6.07 Å². The number of methoxy groups -OCH3 is 3. The molecule has 3 aliphatic rings. The van der Waals surface area contributed by atoms with Crippen molar-refractivity contribution in [3.63, 3.8) is 0 Å². The number of hydrogen-bond acceptors (Lipinski definition) is 8. The van der Waals surface area contributed by atoms with E-state index >= 15 is 8.78 Å². The van der Waals surface area contributed by atoms with Crippen LogP contribution in [0.1, 0.15) is 42.5 Å².